The Kier molecular flexibility index (Phi) is 2.82. The summed E-state index contributed by atoms with van der Waals surface area (Å²) in [5, 5.41) is 16.0. The van der Waals surface area contributed by atoms with E-state index in [-0.39, 0.29) is 12.2 Å². The number of pyridine rings is 1. The molecule has 0 aliphatic rings. The van der Waals surface area contributed by atoms with Gasteiger partial charge in [0.2, 0.25) is 0 Å². The molecular formula is C10H9FN4O2. The van der Waals surface area contributed by atoms with Crippen LogP contribution in [0.1, 0.15) is 21.7 Å². The van der Waals surface area contributed by atoms with Crippen molar-refractivity contribution in [1.29, 1.82) is 0 Å². The maximum absolute atomic E-state index is 12.9. The average Bonchev–Trinajstić information content (AvgIpc) is 2.61. The lowest BCUT2D eigenvalue weighted by Gasteiger charge is -2.02. The molecule has 88 valence electrons. The van der Waals surface area contributed by atoms with Gasteiger partial charge in [-0.25, -0.2) is 13.9 Å². The summed E-state index contributed by atoms with van der Waals surface area (Å²) in [5.74, 6) is -1.58. The van der Waals surface area contributed by atoms with E-state index in [1.807, 2.05) is 0 Å². The van der Waals surface area contributed by atoms with Crippen molar-refractivity contribution in [3.05, 3.63) is 41.2 Å². The van der Waals surface area contributed by atoms with Crippen molar-refractivity contribution < 1.29 is 14.3 Å². The normalized spacial score (nSPS) is 10.5. The van der Waals surface area contributed by atoms with Gasteiger partial charge in [0.05, 0.1) is 18.4 Å². The molecule has 1 N–H and O–H groups in total. The number of rotatable bonds is 3. The number of carboxylic acid groups (broad SMARTS) is 1. The lowest BCUT2D eigenvalue weighted by Crippen LogP contribution is -2.06. The summed E-state index contributed by atoms with van der Waals surface area (Å²) in [6.07, 6.45) is 2.59. The molecule has 2 aromatic rings. The molecule has 0 aromatic carbocycles. The van der Waals surface area contributed by atoms with Crippen LogP contribution < -0.4 is 0 Å². The monoisotopic (exact) mass is 236 g/mol. The molecule has 0 aliphatic heterocycles. The lowest BCUT2D eigenvalue weighted by atomic mass is 10.2. The van der Waals surface area contributed by atoms with E-state index in [1.165, 1.54) is 16.9 Å². The quantitative estimate of drug-likeness (QED) is 0.855. The molecule has 7 heteroatoms. The predicted molar refractivity (Wildman–Crippen MR) is 55.0 cm³/mol. The zero-order chi connectivity index (χ0) is 12.4. The highest BCUT2D eigenvalue weighted by Crippen LogP contribution is 2.08. The lowest BCUT2D eigenvalue weighted by molar-refractivity contribution is 0.0689. The van der Waals surface area contributed by atoms with Crippen LogP contribution in [0.5, 0.6) is 0 Å². The molecule has 0 unspecified atom stereocenters. The second-order valence-electron chi connectivity index (χ2n) is 3.50. The SMILES string of the molecule is Cc1c(C(=O)O)nnn1Cc1cncc(F)c1. The van der Waals surface area contributed by atoms with E-state index in [0.717, 1.165) is 6.20 Å². The molecule has 0 fully saturated rings. The second kappa shape index (κ2) is 4.28. The van der Waals surface area contributed by atoms with Crippen LogP contribution in [-0.2, 0) is 6.54 Å². The second-order valence-corrected chi connectivity index (χ2v) is 3.50. The van der Waals surface area contributed by atoms with Crippen molar-refractivity contribution in [3.8, 4) is 0 Å². The molecule has 0 bridgehead atoms. The average molecular weight is 236 g/mol. The summed E-state index contributed by atoms with van der Waals surface area (Å²) in [5.41, 5.74) is 0.908. The van der Waals surface area contributed by atoms with Crippen LogP contribution in [0.25, 0.3) is 0 Å². The smallest absolute Gasteiger partial charge is 0.358 e. The van der Waals surface area contributed by atoms with E-state index in [2.05, 4.69) is 15.3 Å². The number of carboxylic acids is 1. The number of halogens is 1. The third-order valence-corrected chi connectivity index (χ3v) is 2.28. The Morgan fingerprint density at radius 2 is 2.29 bits per heavy atom. The molecule has 6 nitrogen and oxygen atoms in total. The van der Waals surface area contributed by atoms with E-state index in [1.54, 1.807) is 6.92 Å². The zero-order valence-corrected chi connectivity index (χ0v) is 8.96. The molecule has 2 rings (SSSR count). The molecular weight excluding hydrogens is 227 g/mol. The van der Waals surface area contributed by atoms with Gasteiger partial charge >= 0.3 is 5.97 Å². The Morgan fingerprint density at radius 3 is 2.88 bits per heavy atom. The third kappa shape index (κ3) is 2.27. The van der Waals surface area contributed by atoms with Gasteiger partial charge in [0, 0.05) is 6.20 Å². The standard InChI is InChI=1S/C10H9FN4O2/c1-6-9(10(16)17)13-14-15(6)5-7-2-8(11)4-12-3-7/h2-4H,5H2,1H3,(H,16,17). The highest BCUT2D eigenvalue weighted by Gasteiger charge is 2.15. The third-order valence-electron chi connectivity index (χ3n) is 2.28. The molecule has 2 aromatic heterocycles. The Balaban J connectivity index is 2.28. The highest BCUT2D eigenvalue weighted by molar-refractivity contribution is 5.86. The first-order chi connectivity index (χ1) is 8.08. The van der Waals surface area contributed by atoms with Crippen molar-refractivity contribution in [2.24, 2.45) is 0 Å². The first kappa shape index (κ1) is 11.2. The predicted octanol–water partition coefficient (Wildman–Crippen LogP) is 0.867. The van der Waals surface area contributed by atoms with Crippen molar-refractivity contribution in [2.45, 2.75) is 13.5 Å². The van der Waals surface area contributed by atoms with Crippen LogP contribution in [0.2, 0.25) is 0 Å². The molecule has 0 atom stereocenters. The summed E-state index contributed by atoms with van der Waals surface area (Å²) in [6.45, 7) is 1.83. The Labute approximate surface area is 95.7 Å². The fourth-order valence-electron chi connectivity index (χ4n) is 1.42. The number of nitrogens with zero attached hydrogens (tertiary/aromatic N) is 4. The van der Waals surface area contributed by atoms with Crippen LogP contribution in [0.15, 0.2) is 18.5 Å². The fraction of sp³-hybridized carbons (Fsp3) is 0.200. The van der Waals surface area contributed by atoms with E-state index >= 15 is 0 Å². The van der Waals surface area contributed by atoms with Gasteiger partial charge in [-0.05, 0) is 18.6 Å². The van der Waals surface area contributed by atoms with E-state index in [0.29, 0.717) is 11.3 Å². The Morgan fingerprint density at radius 1 is 1.53 bits per heavy atom. The largest absolute Gasteiger partial charge is 0.476 e. The van der Waals surface area contributed by atoms with Gasteiger partial charge < -0.3 is 5.11 Å². The first-order valence-corrected chi connectivity index (χ1v) is 4.80. The number of carbonyl (C=O) groups is 1. The molecule has 17 heavy (non-hydrogen) atoms. The molecule has 0 amide bonds. The van der Waals surface area contributed by atoms with Gasteiger partial charge in [-0.2, -0.15) is 0 Å². The minimum Gasteiger partial charge on any atom is -0.476 e. The van der Waals surface area contributed by atoms with Crippen molar-refractivity contribution in [1.82, 2.24) is 20.0 Å². The topological polar surface area (TPSA) is 80.9 Å². The highest BCUT2D eigenvalue weighted by atomic mass is 19.1. The number of aromatic carboxylic acids is 1. The molecule has 0 saturated heterocycles. The van der Waals surface area contributed by atoms with Crippen LogP contribution in [0.3, 0.4) is 0 Å². The van der Waals surface area contributed by atoms with Gasteiger partial charge in [-0.15, -0.1) is 5.10 Å². The zero-order valence-electron chi connectivity index (χ0n) is 8.96. The summed E-state index contributed by atoms with van der Waals surface area (Å²) in [7, 11) is 0. The summed E-state index contributed by atoms with van der Waals surface area (Å²) in [4.78, 5) is 14.5. The van der Waals surface area contributed by atoms with Gasteiger partial charge in [0.15, 0.2) is 5.69 Å². The van der Waals surface area contributed by atoms with Crippen LogP contribution in [-0.4, -0.2) is 31.1 Å². The molecule has 2 heterocycles. The maximum atomic E-state index is 12.9. The maximum Gasteiger partial charge on any atom is 0.358 e. The van der Waals surface area contributed by atoms with E-state index in [4.69, 9.17) is 5.11 Å². The number of hydrogen-bond acceptors (Lipinski definition) is 4. The molecule has 0 saturated carbocycles. The number of hydrogen-bond donors (Lipinski definition) is 1. The van der Waals surface area contributed by atoms with E-state index < -0.39 is 11.8 Å². The van der Waals surface area contributed by atoms with Crippen molar-refractivity contribution in [3.63, 3.8) is 0 Å². The van der Waals surface area contributed by atoms with Gasteiger partial charge in [-0.3, -0.25) is 4.98 Å². The minimum absolute atomic E-state index is 0.102. The van der Waals surface area contributed by atoms with Crippen molar-refractivity contribution >= 4 is 5.97 Å². The van der Waals surface area contributed by atoms with Gasteiger partial charge in [-0.1, -0.05) is 5.21 Å². The van der Waals surface area contributed by atoms with Gasteiger partial charge in [0.1, 0.15) is 5.82 Å². The van der Waals surface area contributed by atoms with Crippen LogP contribution in [0, 0.1) is 12.7 Å². The van der Waals surface area contributed by atoms with Crippen LogP contribution in [0.4, 0.5) is 4.39 Å². The minimum atomic E-state index is -1.13. The molecule has 0 aliphatic carbocycles. The summed E-state index contributed by atoms with van der Waals surface area (Å²) >= 11 is 0. The number of aromatic nitrogens is 4. The first-order valence-electron chi connectivity index (χ1n) is 4.80. The van der Waals surface area contributed by atoms with Crippen LogP contribution >= 0.6 is 0 Å². The fourth-order valence-corrected chi connectivity index (χ4v) is 1.42. The van der Waals surface area contributed by atoms with E-state index in [9.17, 15) is 9.18 Å². The Bertz CT molecular complexity index is 567. The molecule has 0 radical (unpaired) electrons. The van der Waals surface area contributed by atoms with Gasteiger partial charge in [0.25, 0.3) is 0 Å². The molecule has 0 spiro atoms. The summed E-state index contributed by atoms with van der Waals surface area (Å²) < 4.78 is 14.3. The van der Waals surface area contributed by atoms with Crippen molar-refractivity contribution in [2.75, 3.05) is 0 Å². The Hall–Kier alpha value is -2.31. The summed E-state index contributed by atoms with van der Waals surface area (Å²) in [6, 6.07) is 1.31.